The molecule has 1 aromatic rings. The summed E-state index contributed by atoms with van der Waals surface area (Å²) in [5, 5.41) is 0. The second kappa shape index (κ2) is 5.15. The smallest absolute Gasteiger partial charge is 0.0873 e. The SMILES string of the molecule is COC1(C(N)c2cccnc2)CCCC(C)C1. The Kier molecular flexibility index (Phi) is 3.79. The van der Waals surface area contributed by atoms with Crippen molar-refractivity contribution < 1.29 is 4.74 Å². The van der Waals surface area contributed by atoms with Crippen LogP contribution in [0.25, 0.3) is 0 Å². The Bertz CT molecular complexity index is 354. The van der Waals surface area contributed by atoms with Gasteiger partial charge in [-0.05, 0) is 30.4 Å². The van der Waals surface area contributed by atoms with Crippen LogP contribution in [-0.4, -0.2) is 17.7 Å². The molecule has 0 amide bonds. The summed E-state index contributed by atoms with van der Waals surface area (Å²) in [4.78, 5) is 4.15. The summed E-state index contributed by atoms with van der Waals surface area (Å²) in [5.41, 5.74) is 7.28. The summed E-state index contributed by atoms with van der Waals surface area (Å²) in [6.45, 7) is 2.28. The van der Waals surface area contributed by atoms with Crippen molar-refractivity contribution >= 4 is 0 Å². The van der Waals surface area contributed by atoms with E-state index in [9.17, 15) is 0 Å². The van der Waals surface area contributed by atoms with Crippen LogP contribution in [-0.2, 0) is 4.74 Å². The largest absolute Gasteiger partial charge is 0.376 e. The van der Waals surface area contributed by atoms with Gasteiger partial charge in [0.2, 0.25) is 0 Å². The standard InChI is InChI=1S/C14H22N2O/c1-11-5-3-7-14(9-11,17-2)13(15)12-6-4-8-16-10-12/h4,6,8,10-11,13H,3,5,7,9,15H2,1-2H3. The quantitative estimate of drug-likeness (QED) is 0.874. The number of aromatic nitrogens is 1. The van der Waals surface area contributed by atoms with Gasteiger partial charge in [-0.2, -0.15) is 0 Å². The molecule has 0 saturated heterocycles. The van der Waals surface area contributed by atoms with Crippen LogP contribution >= 0.6 is 0 Å². The zero-order valence-corrected chi connectivity index (χ0v) is 10.7. The van der Waals surface area contributed by atoms with Gasteiger partial charge in [-0.25, -0.2) is 0 Å². The number of pyridine rings is 1. The lowest BCUT2D eigenvalue weighted by Crippen LogP contribution is -2.46. The summed E-state index contributed by atoms with van der Waals surface area (Å²) in [5.74, 6) is 0.687. The maximum atomic E-state index is 6.41. The third-order valence-corrected chi connectivity index (χ3v) is 4.01. The lowest BCUT2D eigenvalue weighted by Gasteiger charge is -2.43. The Morgan fingerprint density at radius 2 is 2.41 bits per heavy atom. The van der Waals surface area contributed by atoms with Crippen LogP contribution < -0.4 is 5.73 Å². The van der Waals surface area contributed by atoms with E-state index in [0.717, 1.165) is 18.4 Å². The first-order valence-electron chi connectivity index (χ1n) is 6.38. The summed E-state index contributed by atoms with van der Waals surface area (Å²) >= 11 is 0. The number of hydrogen-bond acceptors (Lipinski definition) is 3. The van der Waals surface area contributed by atoms with Crippen molar-refractivity contribution in [2.75, 3.05) is 7.11 Å². The predicted octanol–water partition coefficient (Wildman–Crippen LogP) is 2.68. The number of nitrogens with zero attached hydrogens (tertiary/aromatic N) is 1. The zero-order valence-electron chi connectivity index (χ0n) is 10.7. The first-order chi connectivity index (χ1) is 8.18. The molecule has 1 aliphatic rings. The highest BCUT2D eigenvalue weighted by atomic mass is 16.5. The molecule has 3 unspecified atom stereocenters. The van der Waals surface area contributed by atoms with E-state index in [1.807, 2.05) is 18.3 Å². The third-order valence-electron chi connectivity index (χ3n) is 4.01. The average Bonchev–Trinajstić information content (AvgIpc) is 2.38. The van der Waals surface area contributed by atoms with Crippen LogP contribution in [0.2, 0.25) is 0 Å². The molecule has 0 aromatic carbocycles. The molecule has 1 saturated carbocycles. The second-order valence-corrected chi connectivity index (χ2v) is 5.23. The molecule has 1 fully saturated rings. The first kappa shape index (κ1) is 12.5. The van der Waals surface area contributed by atoms with Crippen molar-refractivity contribution in [3.8, 4) is 0 Å². The van der Waals surface area contributed by atoms with E-state index in [4.69, 9.17) is 10.5 Å². The van der Waals surface area contributed by atoms with Gasteiger partial charge in [0, 0.05) is 19.5 Å². The molecular formula is C14H22N2O. The number of rotatable bonds is 3. The Balaban J connectivity index is 2.23. The highest BCUT2D eigenvalue weighted by Crippen LogP contribution is 2.41. The number of methoxy groups -OCH3 is 1. The van der Waals surface area contributed by atoms with Crippen molar-refractivity contribution in [3.05, 3.63) is 30.1 Å². The highest BCUT2D eigenvalue weighted by Gasteiger charge is 2.41. The van der Waals surface area contributed by atoms with Gasteiger partial charge in [0.05, 0.1) is 11.6 Å². The minimum absolute atomic E-state index is 0.0797. The maximum Gasteiger partial charge on any atom is 0.0873 e. The van der Waals surface area contributed by atoms with Gasteiger partial charge in [0.1, 0.15) is 0 Å². The molecule has 0 aliphatic heterocycles. The van der Waals surface area contributed by atoms with Crippen LogP contribution in [0, 0.1) is 5.92 Å². The van der Waals surface area contributed by atoms with Crippen molar-refractivity contribution in [1.82, 2.24) is 4.98 Å². The number of nitrogens with two attached hydrogens (primary N) is 1. The Morgan fingerprint density at radius 1 is 1.59 bits per heavy atom. The minimum Gasteiger partial charge on any atom is -0.376 e. The van der Waals surface area contributed by atoms with Gasteiger partial charge >= 0.3 is 0 Å². The molecule has 2 N–H and O–H groups in total. The molecule has 0 spiro atoms. The van der Waals surface area contributed by atoms with Crippen molar-refractivity contribution in [3.63, 3.8) is 0 Å². The molecule has 1 aliphatic carbocycles. The number of hydrogen-bond donors (Lipinski definition) is 1. The molecule has 0 bridgehead atoms. The van der Waals surface area contributed by atoms with Crippen LogP contribution in [0.1, 0.15) is 44.2 Å². The summed E-state index contributed by atoms with van der Waals surface area (Å²) in [6, 6.07) is 3.90. The van der Waals surface area contributed by atoms with Gasteiger partial charge in [-0.3, -0.25) is 4.98 Å². The summed E-state index contributed by atoms with van der Waals surface area (Å²) in [7, 11) is 1.79. The average molecular weight is 234 g/mol. The first-order valence-corrected chi connectivity index (χ1v) is 6.38. The molecule has 3 heteroatoms. The van der Waals surface area contributed by atoms with Crippen LogP contribution in [0.3, 0.4) is 0 Å². The fourth-order valence-electron chi connectivity index (χ4n) is 3.00. The Labute approximate surface area is 103 Å². The zero-order chi connectivity index (χ0) is 12.3. The fourth-order valence-corrected chi connectivity index (χ4v) is 3.00. The minimum atomic E-state index is -0.208. The molecule has 3 atom stereocenters. The van der Waals surface area contributed by atoms with Crippen LogP contribution in [0.4, 0.5) is 0 Å². The predicted molar refractivity (Wildman–Crippen MR) is 68.5 cm³/mol. The van der Waals surface area contributed by atoms with E-state index in [0.29, 0.717) is 5.92 Å². The summed E-state index contributed by atoms with van der Waals surface area (Å²) < 4.78 is 5.81. The lowest BCUT2D eigenvalue weighted by molar-refractivity contribution is -0.0718. The van der Waals surface area contributed by atoms with Crippen molar-refractivity contribution in [2.24, 2.45) is 11.7 Å². The van der Waals surface area contributed by atoms with Crippen molar-refractivity contribution in [1.29, 1.82) is 0 Å². The van der Waals surface area contributed by atoms with E-state index in [2.05, 4.69) is 11.9 Å². The van der Waals surface area contributed by atoms with E-state index in [1.165, 1.54) is 12.8 Å². The topological polar surface area (TPSA) is 48.1 Å². The lowest BCUT2D eigenvalue weighted by atomic mass is 9.73. The van der Waals surface area contributed by atoms with Gasteiger partial charge < -0.3 is 10.5 Å². The Hall–Kier alpha value is -0.930. The van der Waals surface area contributed by atoms with Gasteiger partial charge in [-0.1, -0.05) is 25.8 Å². The molecule has 17 heavy (non-hydrogen) atoms. The van der Waals surface area contributed by atoms with Crippen LogP contribution in [0.15, 0.2) is 24.5 Å². The molecular weight excluding hydrogens is 212 g/mol. The van der Waals surface area contributed by atoms with Crippen LogP contribution in [0.5, 0.6) is 0 Å². The van der Waals surface area contributed by atoms with E-state index in [-0.39, 0.29) is 11.6 Å². The third kappa shape index (κ3) is 2.50. The molecule has 0 radical (unpaired) electrons. The monoisotopic (exact) mass is 234 g/mol. The van der Waals surface area contributed by atoms with Gasteiger partial charge in [0.15, 0.2) is 0 Å². The van der Waals surface area contributed by atoms with Gasteiger partial charge in [0.25, 0.3) is 0 Å². The molecule has 3 nitrogen and oxygen atoms in total. The highest BCUT2D eigenvalue weighted by molar-refractivity contribution is 5.18. The number of ether oxygens (including phenoxy) is 1. The normalized spacial score (nSPS) is 31.1. The molecule has 94 valence electrons. The van der Waals surface area contributed by atoms with Crippen molar-refractivity contribution in [2.45, 2.75) is 44.2 Å². The van der Waals surface area contributed by atoms with E-state index < -0.39 is 0 Å². The Morgan fingerprint density at radius 3 is 3.00 bits per heavy atom. The molecule has 1 heterocycles. The van der Waals surface area contributed by atoms with E-state index >= 15 is 0 Å². The summed E-state index contributed by atoms with van der Waals surface area (Å²) in [6.07, 6.45) is 8.20. The molecule has 1 aromatic heterocycles. The second-order valence-electron chi connectivity index (χ2n) is 5.23. The fraction of sp³-hybridized carbons (Fsp3) is 0.643. The van der Waals surface area contributed by atoms with Gasteiger partial charge in [-0.15, -0.1) is 0 Å². The molecule has 2 rings (SSSR count). The maximum absolute atomic E-state index is 6.41. The van der Waals surface area contributed by atoms with E-state index in [1.54, 1.807) is 13.3 Å².